The molecule has 1 unspecified atom stereocenters. The van der Waals surface area contributed by atoms with Crippen LogP contribution in [0.25, 0.3) is 5.57 Å². The van der Waals surface area contributed by atoms with Crippen LogP contribution in [-0.2, 0) is 5.66 Å². The van der Waals surface area contributed by atoms with E-state index >= 15 is 0 Å². The molecule has 0 saturated heterocycles. The van der Waals surface area contributed by atoms with Gasteiger partial charge in [-0.3, -0.25) is 4.98 Å². The molecule has 0 saturated carbocycles. The molecule has 19 heavy (non-hydrogen) atoms. The molecule has 3 nitrogen and oxygen atoms in total. The van der Waals surface area contributed by atoms with Gasteiger partial charge in [-0.15, -0.1) is 0 Å². The maximum absolute atomic E-state index is 6.32. The van der Waals surface area contributed by atoms with E-state index in [0.717, 1.165) is 16.8 Å². The normalized spacial score (nSPS) is 21.6. The predicted molar refractivity (Wildman–Crippen MR) is 76.8 cm³/mol. The highest BCUT2D eigenvalue weighted by molar-refractivity contribution is 5.75. The predicted octanol–water partition coefficient (Wildman–Crippen LogP) is 2.39. The summed E-state index contributed by atoms with van der Waals surface area (Å²) in [5, 5.41) is 3.23. The van der Waals surface area contributed by atoms with Crippen LogP contribution >= 0.6 is 0 Å². The van der Waals surface area contributed by atoms with Crippen LogP contribution < -0.4 is 11.1 Å². The fourth-order valence-corrected chi connectivity index (χ4v) is 2.09. The summed E-state index contributed by atoms with van der Waals surface area (Å²) >= 11 is 0. The molecule has 3 heteroatoms. The summed E-state index contributed by atoms with van der Waals surface area (Å²) in [6.07, 6.45) is 7.65. The molecular weight excluding hydrogens is 234 g/mol. The molecule has 1 aromatic heterocycles. The molecule has 2 heterocycles. The number of hydrogen-bond donors (Lipinski definition) is 2. The fourth-order valence-electron chi connectivity index (χ4n) is 2.09. The van der Waals surface area contributed by atoms with Crippen molar-refractivity contribution in [3.05, 3.63) is 84.3 Å². The summed E-state index contributed by atoms with van der Waals surface area (Å²) in [7, 11) is 0. The molecule has 1 aliphatic heterocycles. The van der Waals surface area contributed by atoms with Gasteiger partial charge in [0.15, 0.2) is 0 Å². The minimum absolute atomic E-state index is 0.737. The monoisotopic (exact) mass is 249 g/mol. The Labute approximate surface area is 112 Å². The van der Waals surface area contributed by atoms with Crippen LogP contribution in [0.4, 0.5) is 0 Å². The van der Waals surface area contributed by atoms with Crippen molar-refractivity contribution in [2.24, 2.45) is 5.73 Å². The van der Waals surface area contributed by atoms with E-state index in [2.05, 4.69) is 22.4 Å². The molecule has 0 radical (unpaired) electrons. The first-order chi connectivity index (χ1) is 9.28. The summed E-state index contributed by atoms with van der Waals surface area (Å²) in [6.45, 7) is 0. The number of nitrogens with one attached hydrogen (secondary N) is 1. The van der Waals surface area contributed by atoms with Crippen molar-refractivity contribution in [2.45, 2.75) is 5.66 Å². The standard InChI is InChI=1S/C16H15N3/c17-16(15-8-4-5-11-18-15)10-9-14(12-19-16)13-6-2-1-3-7-13/h1-12,19H,17H2. The number of hydrogen-bond acceptors (Lipinski definition) is 3. The van der Waals surface area contributed by atoms with Gasteiger partial charge >= 0.3 is 0 Å². The Bertz CT molecular complexity index is 617. The molecule has 0 aliphatic carbocycles. The Kier molecular flexibility index (Phi) is 2.89. The number of rotatable bonds is 2. The quantitative estimate of drug-likeness (QED) is 0.859. The van der Waals surface area contributed by atoms with Gasteiger partial charge in [-0.05, 0) is 29.3 Å². The van der Waals surface area contributed by atoms with Crippen molar-refractivity contribution in [1.82, 2.24) is 10.3 Å². The molecule has 2 aromatic rings. The third-order valence-electron chi connectivity index (χ3n) is 3.19. The molecule has 0 bridgehead atoms. The highest BCUT2D eigenvalue weighted by atomic mass is 15.1. The Balaban J connectivity index is 1.87. The number of allylic oxidation sites excluding steroid dienone is 2. The van der Waals surface area contributed by atoms with Gasteiger partial charge < -0.3 is 11.1 Å². The average molecular weight is 249 g/mol. The molecule has 0 fully saturated rings. The molecule has 1 aliphatic rings. The number of benzene rings is 1. The molecule has 94 valence electrons. The highest BCUT2D eigenvalue weighted by Crippen LogP contribution is 2.24. The smallest absolute Gasteiger partial charge is 0.149 e. The first-order valence-electron chi connectivity index (χ1n) is 6.21. The van der Waals surface area contributed by atoms with E-state index in [1.165, 1.54) is 0 Å². The lowest BCUT2D eigenvalue weighted by molar-refractivity contribution is 0.480. The minimum Gasteiger partial charge on any atom is -0.365 e. The van der Waals surface area contributed by atoms with Crippen LogP contribution in [0.1, 0.15) is 11.3 Å². The van der Waals surface area contributed by atoms with Crippen LogP contribution in [0.5, 0.6) is 0 Å². The first kappa shape index (κ1) is 11.7. The summed E-state index contributed by atoms with van der Waals surface area (Å²) in [6, 6.07) is 15.9. The Morgan fingerprint density at radius 1 is 1.00 bits per heavy atom. The molecule has 0 spiro atoms. The second kappa shape index (κ2) is 4.71. The van der Waals surface area contributed by atoms with Crippen molar-refractivity contribution in [2.75, 3.05) is 0 Å². The Morgan fingerprint density at radius 3 is 2.42 bits per heavy atom. The lowest BCUT2D eigenvalue weighted by atomic mass is 9.98. The minimum atomic E-state index is -0.737. The van der Waals surface area contributed by atoms with Gasteiger partial charge in [-0.2, -0.15) is 0 Å². The van der Waals surface area contributed by atoms with Crippen LogP contribution in [0.2, 0.25) is 0 Å². The zero-order chi connectivity index (χ0) is 13.1. The van der Waals surface area contributed by atoms with Crippen molar-refractivity contribution < 1.29 is 0 Å². The zero-order valence-electron chi connectivity index (χ0n) is 10.5. The number of dihydropyridines is 1. The second-order valence-corrected chi connectivity index (χ2v) is 4.53. The summed E-state index contributed by atoms with van der Waals surface area (Å²) < 4.78 is 0. The summed E-state index contributed by atoms with van der Waals surface area (Å²) in [4.78, 5) is 4.30. The number of nitrogens with zero attached hydrogens (tertiary/aromatic N) is 1. The van der Waals surface area contributed by atoms with Gasteiger partial charge in [0.2, 0.25) is 0 Å². The van der Waals surface area contributed by atoms with Crippen molar-refractivity contribution in [3.63, 3.8) is 0 Å². The summed E-state index contributed by atoms with van der Waals surface area (Å²) in [5.74, 6) is 0. The Morgan fingerprint density at radius 2 is 1.79 bits per heavy atom. The lowest BCUT2D eigenvalue weighted by Gasteiger charge is -2.29. The lowest BCUT2D eigenvalue weighted by Crippen LogP contribution is -2.48. The van der Waals surface area contributed by atoms with E-state index < -0.39 is 5.66 Å². The molecule has 0 amide bonds. The van der Waals surface area contributed by atoms with Crippen molar-refractivity contribution in [1.29, 1.82) is 0 Å². The fraction of sp³-hybridized carbons (Fsp3) is 0.0625. The van der Waals surface area contributed by atoms with Crippen molar-refractivity contribution >= 4 is 5.57 Å². The number of pyridine rings is 1. The number of nitrogens with two attached hydrogens (primary N) is 1. The van der Waals surface area contributed by atoms with Gasteiger partial charge in [0, 0.05) is 12.4 Å². The molecule has 1 atom stereocenters. The zero-order valence-corrected chi connectivity index (χ0v) is 10.5. The van der Waals surface area contributed by atoms with Gasteiger partial charge in [-0.1, -0.05) is 42.5 Å². The SMILES string of the molecule is NC1(c2ccccn2)C=CC(c2ccccc2)=CN1. The third-order valence-corrected chi connectivity index (χ3v) is 3.19. The molecular formula is C16H15N3. The van der Waals surface area contributed by atoms with Gasteiger partial charge in [0.25, 0.3) is 0 Å². The highest BCUT2D eigenvalue weighted by Gasteiger charge is 2.26. The maximum atomic E-state index is 6.32. The van der Waals surface area contributed by atoms with Gasteiger partial charge in [-0.25, -0.2) is 0 Å². The molecule has 1 aromatic carbocycles. The third kappa shape index (κ3) is 2.28. The van der Waals surface area contributed by atoms with E-state index in [-0.39, 0.29) is 0 Å². The van der Waals surface area contributed by atoms with Crippen molar-refractivity contribution in [3.8, 4) is 0 Å². The molecule has 3 rings (SSSR count). The van der Waals surface area contributed by atoms with E-state index in [1.807, 2.05) is 54.8 Å². The van der Waals surface area contributed by atoms with Crippen LogP contribution in [-0.4, -0.2) is 4.98 Å². The topological polar surface area (TPSA) is 50.9 Å². The van der Waals surface area contributed by atoms with E-state index in [0.29, 0.717) is 0 Å². The van der Waals surface area contributed by atoms with E-state index in [4.69, 9.17) is 5.73 Å². The number of aromatic nitrogens is 1. The van der Waals surface area contributed by atoms with Gasteiger partial charge in [0.05, 0.1) is 5.69 Å². The van der Waals surface area contributed by atoms with Crippen LogP contribution in [0.3, 0.4) is 0 Å². The first-order valence-corrected chi connectivity index (χ1v) is 6.21. The summed E-state index contributed by atoms with van der Waals surface area (Å²) in [5.41, 5.74) is 8.65. The largest absolute Gasteiger partial charge is 0.365 e. The average Bonchev–Trinajstić information content (AvgIpc) is 2.50. The van der Waals surface area contributed by atoms with Crippen LogP contribution in [0, 0.1) is 0 Å². The van der Waals surface area contributed by atoms with Crippen LogP contribution in [0.15, 0.2) is 73.1 Å². The Hall–Kier alpha value is -2.39. The molecule has 3 N–H and O–H groups in total. The van der Waals surface area contributed by atoms with E-state index in [1.54, 1.807) is 6.20 Å². The maximum Gasteiger partial charge on any atom is 0.149 e. The van der Waals surface area contributed by atoms with E-state index in [9.17, 15) is 0 Å². The second-order valence-electron chi connectivity index (χ2n) is 4.53. The van der Waals surface area contributed by atoms with Gasteiger partial charge in [0.1, 0.15) is 5.66 Å².